The van der Waals surface area contributed by atoms with Crippen molar-refractivity contribution in [2.45, 2.75) is 58.3 Å². The monoisotopic (exact) mass is 1160 g/mol. The van der Waals surface area contributed by atoms with Crippen LogP contribution in [-0.2, 0) is 41.5 Å². The number of nitrogens with one attached hydrogen (secondary N) is 1. The third-order valence-corrected chi connectivity index (χ3v) is 16.7. The summed E-state index contributed by atoms with van der Waals surface area (Å²) in [5, 5.41) is 12.5. The maximum absolute atomic E-state index is 12.3. The van der Waals surface area contributed by atoms with Crippen LogP contribution in [0.1, 0.15) is 62.1 Å². The minimum atomic E-state index is -0.354. The molecule has 6 heterocycles. The number of hydrogen-bond acceptors (Lipinski definition) is 14. The summed E-state index contributed by atoms with van der Waals surface area (Å²) >= 11 is 3.35. The van der Waals surface area contributed by atoms with Gasteiger partial charge in [-0.3, -0.25) is 34.3 Å². The highest BCUT2D eigenvalue weighted by molar-refractivity contribution is 9.09. The van der Waals surface area contributed by atoms with Gasteiger partial charge < -0.3 is 36.9 Å². The SMILES string of the molecule is CCOC(=O)Cc1coc2cc3ccc(OCCBr)cc3cc12.CCOC(=O)Cc1coc2cc3ccc(OCCN4CC5CC5C4)cc3cc12.O=C1CCC(c2coc3cc4ccc(OCCN5CC6CC6C5)cc4cc23)C(=O)N1. The second kappa shape index (κ2) is 24.0. The fourth-order valence-electron chi connectivity index (χ4n) is 12.0. The zero-order chi connectivity index (χ0) is 55.6. The molecule has 5 unspecified atom stereocenters. The van der Waals surface area contributed by atoms with E-state index in [0.717, 1.165) is 141 Å². The number of furan rings is 3. The van der Waals surface area contributed by atoms with Gasteiger partial charge in [-0.15, -0.1) is 0 Å². The van der Waals surface area contributed by atoms with E-state index >= 15 is 0 Å². The molecule has 2 saturated carbocycles. The molecule has 6 aromatic carbocycles. The van der Waals surface area contributed by atoms with Gasteiger partial charge in [0.25, 0.3) is 0 Å². The minimum Gasteiger partial charge on any atom is -0.493 e. The summed E-state index contributed by atoms with van der Waals surface area (Å²) in [6.45, 7) is 13.3. The average molecular weight is 1160 g/mol. The quantitative estimate of drug-likeness (QED) is 0.0488. The second-order valence-corrected chi connectivity index (χ2v) is 22.8. The Morgan fingerprint density at radius 1 is 0.556 bits per heavy atom. The number of nitrogens with zero attached hydrogens (tertiary/aromatic N) is 2. The molecule has 9 aromatic rings. The van der Waals surface area contributed by atoms with Crippen LogP contribution in [0.3, 0.4) is 0 Å². The number of fused-ring (bicyclic) bond motifs is 8. The molecular weight excluding hydrogens is 1090 g/mol. The number of imide groups is 1. The lowest BCUT2D eigenvalue weighted by Crippen LogP contribution is -2.39. The number of likely N-dealkylation sites (tertiary alicyclic amines) is 2. The van der Waals surface area contributed by atoms with Crippen molar-refractivity contribution in [3.63, 3.8) is 0 Å². The molecule has 420 valence electrons. The number of halogens is 1. The van der Waals surface area contributed by atoms with Crippen molar-refractivity contribution < 1.29 is 56.1 Å². The Hall–Kier alpha value is -7.40. The van der Waals surface area contributed by atoms with Crippen LogP contribution in [0.2, 0.25) is 0 Å². The predicted molar refractivity (Wildman–Crippen MR) is 313 cm³/mol. The molecule has 2 aliphatic carbocycles. The van der Waals surface area contributed by atoms with E-state index in [0.29, 0.717) is 45.9 Å². The zero-order valence-corrected chi connectivity index (χ0v) is 47.3. The van der Waals surface area contributed by atoms with Gasteiger partial charge in [-0.1, -0.05) is 34.1 Å². The average Bonchev–Trinajstić information content (AvgIpc) is 4.08. The van der Waals surface area contributed by atoms with Gasteiger partial charge >= 0.3 is 11.9 Å². The van der Waals surface area contributed by atoms with Gasteiger partial charge in [-0.2, -0.15) is 0 Å². The predicted octanol–water partition coefficient (Wildman–Crippen LogP) is 11.9. The number of hydrogen-bond donors (Lipinski definition) is 1. The highest BCUT2D eigenvalue weighted by atomic mass is 79.9. The van der Waals surface area contributed by atoms with Crippen LogP contribution in [-0.4, -0.2) is 111 Å². The molecule has 3 aliphatic heterocycles. The van der Waals surface area contributed by atoms with Crippen LogP contribution in [0.25, 0.3) is 65.2 Å². The molecule has 16 heteroatoms. The van der Waals surface area contributed by atoms with Crippen molar-refractivity contribution in [1.82, 2.24) is 15.1 Å². The van der Waals surface area contributed by atoms with Gasteiger partial charge in [-0.05, 0) is 162 Å². The molecule has 81 heavy (non-hydrogen) atoms. The first-order valence-electron chi connectivity index (χ1n) is 28.4. The Morgan fingerprint density at radius 2 is 0.988 bits per heavy atom. The lowest BCUT2D eigenvalue weighted by atomic mass is 9.90. The number of esters is 2. The van der Waals surface area contributed by atoms with E-state index in [9.17, 15) is 19.2 Å². The third-order valence-electron chi connectivity index (χ3n) is 16.4. The van der Waals surface area contributed by atoms with Gasteiger partial charge in [-0.25, -0.2) is 0 Å². The Kier molecular flexibility index (Phi) is 16.0. The normalized spacial score (nSPS) is 20.2. The summed E-state index contributed by atoms with van der Waals surface area (Å²) < 4.78 is 44.7. The number of benzene rings is 6. The fourth-order valence-corrected chi connectivity index (χ4v) is 12.2. The molecule has 15 nitrogen and oxygen atoms in total. The number of carbonyl (C=O) groups excluding carboxylic acids is 4. The summed E-state index contributed by atoms with van der Waals surface area (Å²) in [5.41, 5.74) is 4.85. The number of piperidine rings is 3. The smallest absolute Gasteiger partial charge is 0.310 e. The Balaban J connectivity index is 0.000000122. The molecule has 0 spiro atoms. The molecule has 3 saturated heterocycles. The highest BCUT2D eigenvalue weighted by Crippen LogP contribution is 2.45. The Labute approximate surface area is 477 Å². The highest BCUT2D eigenvalue weighted by Gasteiger charge is 2.45. The van der Waals surface area contributed by atoms with Gasteiger partial charge in [0.1, 0.15) is 47.2 Å². The molecule has 1 N–H and O–H groups in total. The first kappa shape index (κ1) is 54.2. The fraction of sp³-hybridized carbons (Fsp3) is 0.385. The van der Waals surface area contributed by atoms with Crippen LogP contribution in [0, 0.1) is 23.7 Å². The van der Waals surface area contributed by atoms with E-state index in [1.165, 1.54) is 39.0 Å². The summed E-state index contributed by atoms with van der Waals surface area (Å²) in [6.07, 6.45) is 9.09. The lowest BCUT2D eigenvalue weighted by molar-refractivity contribution is -0.143. The number of carbonyl (C=O) groups is 4. The number of alkyl halides is 1. The van der Waals surface area contributed by atoms with Crippen molar-refractivity contribution >= 4 is 105 Å². The molecule has 0 bridgehead atoms. The molecule has 3 aromatic heterocycles. The standard InChI is InChI=1S/C24H24N2O4.C23H25NO4.C18H17BrO4/c27-23-4-3-19(24(28)25-23)21-13-30-22-10-14-1-2-18(8-15(14)9-20(21)22)29-6-5-26-11-16-7-17(16)12-26;1-2-26-23(25)11-19-14-28-22-10-15-3-4-20(8-16(15)9-21(19)22)27-6-5-24-12-17-7-18(17)13-24;1-2-21-18(20)10-14-11-23-17-9-12-3-4-15(22-6-5-19)7-13(12)8-16(14)17/h1-2,8-10,13,16-17,19H,3-7,11-12H2,(H,25,27,28);3-4,8-10,14,17-18H,2,5-7,11-13H2,1H3;3-4,7-9,11H,2,5-6,10H2,1H3. The number of rotatable bonds is 18. The molecular formula is C65H66BrN3O12. The van der Waals surface area contributed by atoms with Crippen molar-refractivity contribution in [2.24, 2.45) is 23.7 Å². The van der Waals surface area contributed by atoms with Crippen molar-refractivity contribution in [1.29, 1.82) is 0 Å². The summed E-state index contributed by atoms with van der Waals surface area (Å²) in [5.74, 6) is 5.09. The molecule has 5 atom stereocenters. The topological polar surface area (TPSA) is 172 Å². The van der Waals surface area contributed by atoms with Crippen LogP contribution in [0.5, 0.6) is 17.2 Å². The molecule has 5 aliphatic rings. The van der Waals surface area contributed by atoms with Crippen LogP contribution in [0.4, 0.5) is 0 Å². The third kappa shape index (κ3) is 12.6. The van der Waals surface area contributed by atoms with E-state index < -0.39 is 0 Å². The van der Waals surface area contributed by atoms with Crippen molar-refractivity contribution in [3.8, 4) is 17.2 Å². The van der Waals surface area contributed by atoms with Gasteiger partial charge in [0, 0.05) is 83.9 Å². The molecule has 2 amide bonds. The largest absolute Gasteiger partial charge is 0.493 e. The first-order chi connectivity index (χ1) is 39.5. The Morgan fingerprint density at radius 3 is 1.43 bits per heavy atom. The second-order valence-electron chi connectivity index (χ2n) is 22.0. The van der Waals surface area contributed by atoms with E-state index in [4.69, 9.17) is 36.9 Å². The Bertz CT molecular complexity index is 3790. The molecule has 0 radical (unpaired) electrons. The van der Waals surface area contributed by atoms with E-state index in [2.05, 4.69) is 61.4 Å². The first-order valence-corrected chi connectivity index (χ1v) is 29.5. The van der Waals surface area contributed by atoms with Crippen molar-refractivity contribution in [3.05, 3.63) is 126 Å². The van der Waals surface area contributed by atoms with Gasteiger partial charge in [0.15, 0.2) is 0 Å². The summed E-state index contributed by atoms with van der Waals surface area (Å²) in [7, 11) is 0. The van der Waals surface area contributed by atoms with Gasteiger partial charge in [0.05, 0.1) is 57.4 Å². The van der Waals surface area contributed by atoms with Crippen molar-refractivity contribution in [2.75, 3.05) is 77.6 Å². The van der Waals surface area contributed by atoms with Gasteiger partial charge in [0.2, 0.25) is 11.8 Å². The molecule has 14 rings (SSSR count). The number of amides is 2. The summed E-state index contributed by atoms with van der Waals surface area (Å²) in [4.78, 5) is 52.3. The minimum absolute atomic E-state index is 0.206. The molecule has 5 fully saturated rings. The van der Waals surface area contributed by atoms with Crippen LogP contribution in [0.15, 0.2) is 123 Å². The zero-order valence-electron chi connectivity index (χ0n) is 45.7. The lowest BCUT2D eigenvalue weighted by Gasteiger charge is -2.20. The van der Waals surface area contributed by atoms with Crippen LogP contribution >= 0.6 is 15.9 Å². The maximum Gasteiger partial charge on any atom is 0.310 e. The van der Waals surface area contributed by atoms with E-state index in [1.807, 2.05) is 67.6 Å². The van der Waals surface area contributed by atoms with Crippen LogP contribution < -0.4 is 19.5 Å². The van der Waals surface area contributed by atoms with E-state index in [1.54, 1.807) is 25.7 Å². The van der Waals surface area contributed by atoms with E-state index in [-0.39, 0.29) is 42.5 Å². The number of ether oxygens (including phenoxy) is 5. The maximum atomic E-state index is 12.3. The summed E-state index contributed by atoms with van der Waals surface area (Å²) in [6, 6.07) is 30.3.